The van der Waals surface area contributed by atoms with Gasteiger partial charge in [0.1, 0.15) is 5.75 Å². The average Bonchev–Trinajstić information content (AvgIpc) is 2.38. The van der Waals surface area contributed by atoms with Crippen LogP contribution in [0.25, 0.3) is 0 Å². The fourth-order valence-electron chi connectivity index (χ4n) is 1.50. The maximum atomic E-state index is 11.2. The summed E-state index contributed by atoms with van der Waals surface area (Å²) in [6.45, 7) is -0.218. The smallest absolute Gasteiger partial charge is 0.252 e. The quantitative estimate of drug-likeness (QED) is 0.601. The van der Waals surface area contributed by atoms with Crippen molar-refractivity contribution in [2.75, 3.05) is 20.8 Å². The summed E-state index contributed by atoms with van der Waals surface area (Å²) < 4.78 is 9.99. The molecule has 0 aliphatic carbocycles. The first kappa shape index (κ1) is 14.4. The summed E-state index contributed by atoms with van der Waals surface area (Å²) in [6.07, 6.45) is 0.0897. The number of benzene rings is 1. The molecule has 6 heteroatoms. The summed E-state index contributed by atoms with van der Waals surface area (Å²) in [5, 5.41) is 12.4. The van der Waals surface area contributed by atoms with Gasteiger partial charge in [-0.1, -0.05) is 12.1 Å². The lowest BCUT2D eigenvalue weighted by Crippen LogP contribution is -2.53. The number of hydrogen-bond acceptors (Lipinski definition) is 5. The molecule has 0 aliphatic rings. The van der Waals surface area contributed by atoms with Gasteiger partial charge in [-0.3, -0.25) is 4.79 Å². The molecule has 0 aromatic heterocycles. The Bertz CT molecular complexity index is 411. The fraction of sp³-hybridized carbons (Fsp3) is 0.417. The van der Waals surface area contributed by atoms with Crippen molar-refractivity contribution in [3.05, 3.63) is 29.8 Å². The zero-order valence-corrected chi connectivity index (χ0v) is 10.5. The summed E-state index contributed by atoms with van der Waals surface area (Å²) in [5.74, 6) is -1.61. The van der Waals surface area contributed by atoms with E-state index in [1.54, 1.807) is 31.4 Å². The van der Waals surface area contributed by atoms with Crippen molar-refractivity contribution in [3.63, 3.8) is 0 Å². The van der Waals surface area contributed by atoms with Crippen molar-refractivity contribution in [2.24, 2.45) is 5.73 Å². The largest absolute Gasteiger partial charge is 0.497 e. The molecular formula is C12H18N2O4. The second-order valence-corrected chi connectivity index (χ2v) is 3.77. The Hall–Kier alpha value is -1.63. The first-order chi connectivity index (χ1) is 8.53. The van der Waals surface area contributed by atoms with Crippen LogP contribution in [0.2, 0.25) is 0 Å². The number of nitrogens with two attached hydrogens (primary N) is 1. The van der Waals surface area contributed by atoms with Crippen molar-refractivity contribution in [1.29, 1.82) is 0 Å². The van der Waals surface area contributed by atoms with E-state index in [0.717, 1.165) is 5.56 Å². The zero-order valence-electron chi connectivity index (χ0n) is 10.5. The van der Waals surface area contributed by atoms with Crippen LogP contribution >= 0.6 is 0 Å². The van der Waals surface area contributed by atoms with Gasteiger partial charge in [-0.15, -0.1) is 0 Å². The standard InChI is InChI=1S/C12H18N2O4/c1-17-10-5-3-4-9(6-10)7-12(16,18-2)14-11(15)8-13/h3-6,16H,7-8,13H2,1-2H3,(H,14,15). The van der Waals surface area contributed by atoms with Crippen molar-refractivity contribution in [2.45, 2.75) is 12.3 Å². The molecule has 6 nitrogen and oxygen atoms in total. The molecule has 1 unspecified atom stereocenters. The molecule has 0 saturated carbocycles. The van der Waals surface area contributed by atoms with E-state index in [2.05, 4.69) is 5.32 Å². The van der Waals surface area contributed by atoms with Crippen LogP contribution in [0.4, 0.5) is 0 Å². The molecule has 100 valence electrons. The van der Waals surface area contributed by atoms with Gasteiger partial charge in [0, 0.05) is 13.5 Å². The Morgan fingerprint density at radius 2 is 2.22 bits per heavy atom. The molecule has 0 spiro atoms. The Balaban J connectivity index is 2.80. The summed E-state index contributed by atoms with van der Waals surface area (Å²) >= 11 is 0. The van der Waals surface area contributed by atoms with Crippen LogP contribution in [0.3, 0.4) is 0 Å². The number of carbonyl (C=O) groups is 1. The SMILES string of the molecule is COc1cccc(CC(O)(NC(=O)CN)OC)c1. The number of amides is 1. The lowest BCUT2D eigenvalue weighted by atomic mass is 10.1. The minimum atomic E-state index is -1.77. The third-order valence-corrected chi connectivity index (χ3v) is 2.44. The lowest BCUT2D eigenvalue weighted by molar-refractivity contribution is -0.207. The fourth-order valence-corrected chi connectivity index (χ4v) is 1.50. The Morgan fingerprint density at radius 3 is 2.78 bits per heavy atom. The molecule has 0 fully saturated rings. The molecule has 0 bridgehead atoms. The van der Waals surface area contributed by atoms with Crippen LogP contribution in [0.1, 0.15) is 5.56 Å². The molecule has 1 aromatic carbocycles. The van der Waals surface area contributed by atoms with Crippen LogP contribution in [0.15, 0.2) is 24.3 Å². The maximum Gasteiger partial charge on any atom is 0.252 e. The number of methoxy groups -OCH3 is 2. The second kappa shape index (κ2) is 6.34. The first-order valence-corrected chi connectivity index (χ1v) is 5.44. The zero-order chi connectivity index (χ0) is 13.6. The van der Waals surface area contributed by atoms with E-state index in [0.29, 0.717) is 5.75 Å². The summed E-state index contributed by atoms with van der Waals surface area (Å²) in [4.78, 5) is 11.2. The van der Waals surface area contributed by atoms with Crippen molar-refractivity contribution >= 4 is 5.91 Å². The van der Waals surface area contributed by atoms with Crippen LogP contribution < -0.4 is 15.8 Å². The second-order valence-electron chi connectivity index (χ2n) is 3.77. The summed E-state index contributed by atoms with van der Waals surface area (Å²) in [5.41, 5.74) is 5.93. The summed E-state index contributed by atoms with van der Waals surface area (Å²) in [6, 6.07) is 7.11. The van der Waals surface area contributed by atoms with E-state index >= 15 is 0 Å². The van der Waals surface area contributed by atoms with E-state index in [-0.39, 0.29) is 13.0 Å². The van der Waals surface area contributed by atoms with Gasteiger partial charge >= 0.3 is 0 Å². The molecular weight excluding hydrogens is 236 g/mol. The lowest BCUT2D eigenvalue weighted by Gasteiger charge is -2.27. The van der Waals surface area contributed by atoms with Crippen molar-refractivity contribution < 1.29 is 19.4 Å². The van der Waals surface area contributed by atoms with Gasteiger partial charge in [0.15, 0.2) is 0 Å². The van der Waals surface area contributed by atoms with Crippen molar-refractivity contribution in [1.82, 2.24) is 5.32 Å². The van der Waals surface area contributed by atoms with Gasteiger partial charge in [0.05, 0.1) is 13.7 Å². The van der Waals surface area contributed by atoms with Gasteiger partial charge in [0.25, 0.3) is 5.91 Å². The topological polar surface area (TPSA) is 93.8 Å². The van der Waals surface area contributed by atoms with Gasteiger partial charge in [-0.2, -0.15) is 0 Å². The number of ether oxygens (including phenoxy) is 2. The molecule has 4 N–H and O–H groups in total. The molecule has 18 heavy (non-hydrogen) atoms. The van der Waals surface area contributed by atoms with E-state index in [1.807, 2.05) is 0 Å². The first-order valence-electron chi connectivity index (χ1n) is 5.44. The molecule has 1 rings (SSSR count). The third kappa shape index (κ3) is 3.99. The predicted molar refractivity (Wildman–Crippen MR) is 65.9 cm³/mol. The normalized spacial score (nSPS) is 13.8. The molecule has 1 atom stereocenters. The Kier molecular flexibility index (Phi) is 5.08. The van der Waals surface area contributed by atoms with E-state index in [1.165, 1.54) is 7.11 Å². The Morgan fingerprint density at radius 1 is 1.50 bits per heavy atom. The molecule has 1 aromatic rings. The van der Waals surface area contributed by atoms with Crippen LogP contribution in [-0.4, -0.2) is 37.7 Å². The molecule has 0 heterocycles. The van der Waals surface area contributed by atoms with Gasteiger partial charge in [0.2, 0.25) is 5.91 Å². The minimum Gasteiger partial charge on any atom is -0.497 e. The molecule has 1 amide bonds. The van der Waals surface area contributed by atoms with E-state index in [9.17, 15) is 9.90 Å². The summed E-state index contributed by atoms with van der Waals surface area (Å²) in [7, 11) is 2.86. The molecule has 0 radical (unpaired) electrons. The molecule has 0 saturated heterocycles. The number of nitrogens with one attached hydrogen (secondary N) is 1. The molecule has 0 aliphatic heterocycles. The van der Waals surface area contributed by atoms with Gasteiger partial charge in [-0.25, -0.2) is 0 Å². The third-order valence-electron chi connectivity index (χ3n) is 2.44. The highest BCUT2D eigenvalue weighted by Gasteiger charge is 2.28. The van der Waals surface area contributed by atoms with Gasteiger partial charge < -0.3 is 25.6 Å². The number of rotatable bonds is 6. The van der Waals surface area contributed by atoms with E-state index < -0.39 is 11.8 Å². The monoisotopic (exact) mass is 254 g/mol. The predicted octanol–water partition coefficient (Wildman–Crippen LogP) is -0.395. The highest BCUT2D eigenvalue weighted by molar-refractivity contribution is 5.78. The van der Waals surface area contributed by atoms with E-state index in [4.69, 9.17) is 15.2 Å². The highest BCUT2D eigenvalue weighted by Crippen LogP contribution is 2.17. The average molecular weight is 254 g/mol. The van der Waals surface area contributed by atoms with Crippen LogP contribution in [-0.2, 0) is 16.0 Å². The minimum absolute atomic E-state index is 0.0897. The van der Waals surface area contributed by atoms with Crippen LogP contribution in [0, 0.1) is 0 Å². The Labute approximate surface area is 106 Å². The number of carbonyl (C=O) groups excluding carboxylic acids is 1. The van der Waals surface area contributed by atoms with Crippen molar-refractivity contribution in [3.8, 4) is 5.75 Å². The number of hydrogen-bond donors (Lipinski definition) is 3. The highest BCUT2D eigenvalue weighted by atomic mass is 16.6. The van der Waals surface area contributed by atoms with Crippen LogP contribution in [0.5, 0.6) is 5.75 Å². The van der Waals surface area contributed by atoms with Gasteiger partial charge in [-0.05, 0) is 17.7 Å². The number of aliphatic hydroxyl groups is 1. The maximum absolute atomic E-state index is 11.2.